The van der Waals surface area contributed by atoms with Gasteiger partial charge < -0.3 is 10.5 Å². The van der Waals surface area contributed by atoms with Crippen LogP contribution in [0.2, 0.25) is 0 Å². The third-order valence-corrected chi connectivity index (χ3v) is 3.51. The molecule has 3 N–H and O–H groups in total. The highest BCUT2D eigenvalue weighted by Crippen LogP contribution is 2.24. The van der Waals surface area contributed by atoms with E-state index < -0.39 is 6.36 Å². The summed E-state index contributed by atoms with van der Waals surface area (Å²) in [6.07, 6.45) is -2.77. The second kappa shape index (κ2) is 6.34. The van der Waals surface area contributed by atoms with Gasteiger partial charge in [-0.05, 0) is 37.1 Å². The molecule has 1 aromatic rings. The van der Waals surface area contributed by atoms with Crippen LogP contribution in [0.1, 0.15) is 18.4 Å². The zero-order valence-corrected chi connectivity index (χ0v) is 11.5. The summed E-state index contributed by atoms with van der Waals surface area (Å²) in [4.78, 5) is 2.16. The fraction of sp³-hybridized carbons (Fsp3) is 0.500. The van der Waals surface area contributed by atoms with Crippen LogP contribution in [0.25, 0.3) is 0 Å². The first-order valence-electron chi connectivity index (χ1n) is 6.74. The Labute approximate surface area is 121 Å². The average Bonchev–Trinajstić information content (AvgIpc) is 2.40. The highest BCUT2D eigenvalue weighted by Gasteiger charge is 2.31. The smallest absolute Gasteiger partial charge is 0.406 e. The zero-order chi connectivity index (χ0) is 15.5. The van der Waals surface area contributed by atoms with Crippen molar-refractivity contribution in [3.63, 3.8) is 0 Å². The molecule has 7 heteroatoms. The van der Waals surface area contributed by atoms with Crippen molar-refractivity contribution in [3.05, 3.63) is 29.8 Å². The number of nitrogens with one attached hydrogen (secondary N) is 1. The van der Waals surface area contributed by atoms with Crippen molar-refractivity contribution in [2.24, 2.45) is 11.7 Å². The Hall–Kier alpha value is -1.76. The lowest BCUT2D eigenvalue weighted by Crippen LogP contribution is -2.40. The SMILES string of the molecule is N=C(N)C1CCCN(Cc2ccc(OC(F)(F)F)cc2)C1. The van der Waals surface area contributed by atoms with Gasteiger partial charge in [-0.15, -0.1) is 13.2 Å². The van der Waals surface area contributed by atoms with Gasteiger partial charge in [0.1, 0.15) is 5.75 Å². The van der Waals surface area contributed by atoms with Crippen molar-refractivity contribution < 1.29 is 17.9 Å². The van der Waals surface area contributed by atoms with E-state index in [9.17, 15) is 13.2 Å². The second-order valence-electron chi connectivity index (χ2n) is 5.22. The van der Waals surface area contributed by atoms with Crippen molar-refractivity contribution in [2.75, 3.05) is 13.1 Å². The molecule has 0 spiro atoms. The summed E-state index contributed by atoms with van der Waals surface area (Å²) in [5.74, 6) is 0.0618. The predicted molar refractivity (Wildman–Crippen MR) is 73.0 cm³/mol. The van der Waals surface area contributed by atoms with Gasteiger partial charge in [-0.25, -0.2) is 0 Å². The van der Waals surface area contributed by atoms with Gasteiger partial charge in [0, 0.05) is 19.0 Å². The zero-order valence-electron chi connectivity index (χ0n) is 11.5. The van der Waals surface area contributed by atoms with Gasteiger partial charge in [-0.3, -0.25) is 10.3 Å². The van der Waals surface area contributed by atoms with Gasteiger partial charge in [-0.2, -0.15) is 0 Å². The van der Waals surface area contributed by atoms with Crippen LogP contribution < -0.4 is 10.5 Å². The number of nitrogens with two attached hydrogens (primary N) is 1. The average molecular weight is 301 g/mol. The summed E-state index contributed by atoms with van der Waals surface area (Å²) >= 11 is 0. The van der Waals surface area contributed by atoms with E-state index in [2.05, 4.69) is 9.64 Å². The van der Waals surface area contributed by atoms with E-state index in [1.165, 1.54) is 12.1 Å². The lowest BCUT2D eigenvalue weighted by Gasteiger charge is -2.32. The standard InChI is InChI=1S/C14H18F3N3O/c15-14(16,17)21-12-5-3-10(4-6-12)8-20-7-1-2-11(9-20)13(18)19/h3-6,11H,1-2,7-9H2,(H3,18,19). The van der Waals surface area contributed by atoms with Crippen molar-refractivity contribution in [3.8, 4) is 5.75 Å². The first kappa shape index (κ1) is 15.6. The van der Waals surface area contributed by atoms with Gasteiger partial charge in [0.05, 0.1) is 5.84 Å². The number of hydrogen-bond donors (Lipinski definition) is 2. The molecule has 1 fully saturated rings. The van der Waals surface area contributed by atoms with Crippen LogP contribution in [0.5, 0.6) is 5.75 Å². The largest absolute Gasteiger partial charge is 0.573 e. The Bertz CT molecular complexity index is 487. The van der Waals surface area contributed by atoms with Crippen molar-refractivity contribution in [1.82, 2.24) is 4.90 Å². The molecule has 116 valence electrons. The predicted octanol–water partition coefficient (Wildman–Crippen LogP) is 2.73. The Balaban J connectivity index is 1.92. The molecule has 1 saturated heterocycles. The second-order valence-corrected chi connectivity index (χ2v) is 5.22. The Morgan fingerprint density at radius 2 is 2.00 bits per heavy atom. The first-order chi connectivity index (χ1) is 9.83. The van der Waals surface area contributed by atoms with E-state index in [1.807, 2.05) is 0 Å². The Morgan fingerprint density at radius 1 is 1.33 bits per heavy atom. The number of piperidine rings is 1. The van der Waals surface area contributed by atoms with Crippen molar-refractivity contribution in [2.45, 2.75) is 25.7 Å². The maximum absolute atomic E-state index is 12.1. The Kier molecular flexibility index (Phi) is 4.72. The van der Waals surface area contributed by atoms with Gasteiger partial charge in [0.15, 0.2) is 0 Å². The molecular formula is C14H18F3N3O. The van der Waals surface area contributed by atoms with E-state index in [-0.39, 0.29) is 17.5 Å². The molecule has 0 bridgehead atoms. The van der Waals surface area contributed by atoms with Crippen LogP contribution in [-0.4, -0.2) is 30.2 Å². The van der Waals surface area contributed by atoms with E-state index in [1.54, 1.807) is 12.1 Å². The minimum absolute atomic E-state index is 0.0755. The number of likely N-dealkylation sites (tertiary alicyclic amines) is 1. The molecule has 2 rings (SSSR count). The molecule has 1 heterocycles. The molecule has 0 aromatic heterocycles. The number of nitrogens with zero attached hydrogens (tertiary/aromatic N) is 1. The number of hydrogen-bond acceptors (Lipinski definition) is 3. The quantitative estimate of drug-likeness (QED) is 0.664. The number of rotatable bonds is 4. The van der Waals surface area contributed by atoms with Crippen LogP contribution in [0, 0.1) is 11.3 Å². The normalized spacial score (nSPS) is 20.2. The highest BCUT2D eigenvalue weighted by molar-refractivity contribution is 5.79. The first-order valence-corrected chi connectivity index (χ1v) is 6.74. The lowest BCUT2D eigenvalue weighted by atomic mass is 9.96. The maximum atomic E-state index is 12.1. The molecule has 0 saturated carbocycles. The molecule has 0 radical (unpaired) electrons. The summed E-state index contributed by atoms with van der Waals surface area (Å²) in [5.41, 5.74) is 6.45. The summed E-state index contributed by atoms with van der Waals surface area (Å²) in [6, 6.07) is 5.88. The Morgan fingerprint density at radius 3 is 2.57 bits per heavy atom. The number of amidine groups is 1. The lowest BCUT2D eigenvalue weighted by molar-refractivity contribution is -0.274. The molecule has 1 unspecified atom stereocenters. The molecule has 0 amide bonds. The molecular weight excluding hydrogens is 283 g/mol. The summed E-state index contributed by atoms with van der Waals surface area (Å²) < 4.78 is 40.0. The maximum Gasteiger partial charge on any atom is 0.573 e. The van der Waals surface area contributed by atoms with Gasteiger partial charge in [0.25, 0.3) is 0 Å². The fourth-order valence-corrected chi connectivity index (χ4v) is 2.51. The minimum Gasteiger partial charge on any atom is -0.406 e. The van der Waals surface area contributed by atoms with E-state index in [4.69, 9.17) is 11.1 Å². The number of benzene rings is 1. The summed E-state index contributed by atoms with van der Waals surface area (Å²) in [6.45, 7) is 2.26. The van der Waals surface area contributed by atoms with Crippen LogP contribution in [0.4, 0.5) is 13.2 Å². The summed E-state index contributed by atoms with van der Waals surface area (Å²) in [5, 5.41) is 7.50. The molecule has 1 aliphatic rings. The number of alkyl halides is 3. The van der Waals surface area contributed by atoms with Crippen LogP contribution in [0.3, 0.4) is 0 Å². The van der Waals surface area contributed by atoms with E-state index in [0.717, 1.165) is 31.5 Å². The summed E-state index contributed by atoms with van der Waals surface area (Å²) in [7, 11) is 0. The monoisotopic (exact) mass is 301 g/mol. The van der Waals surface area contributed by atoms with Crippen LogP contribution in [-0.2, 0) is 6.54 Å². The van der Waals surface area contributed by atoms with E-state index in [0.29, 0.717) is 6.54 Å². The van der Waals surface area contributed by atoms with E-state index >= 15 is 0 Å². The third kappa shape index (κ3) is 4.93. The minimum atomic E-state index is -4.66. The molecule has 1 aliphatic heterocycles. The van der Waals surface area contributed by atoms with Crippen molar-refractivity contribution >= 4 is 5.84 Å². The van der Waals surface area contributed by atoms with Crippen LogP contribution in [0.15, 0.2) is 24.3 Å². The molecule has 21 heavy (non-hydrogen) atoms. The van der Waals surface area contributed by atoms with Gasteiger partial charge >= 0.3 is 6.36 Å². The number of ether oxygens (including phenoxy) is 1. The van der Waals surface area contributed by atoms with Crippen LogP contribution >= 0.6 is 0 Å². The van der Waals surface area contributed by atoms with Gasteiger partial charge in [0.2, 0.25) is 0 Å². The molecule has 1 aromatic carbocycles. The number of halogens is 3. The molecule has 4 nitrogen and oxygen atoms in total. The fourth-order valence-electron chi connectivity index (χ4n) is 2.51. The molecule has 0 aliphatic carbocycles. The van der Waals surface area contributed by atoms with Gasteiger partial charge in [-0.1, -0.05) is 12.1 Å². The van der Waals surface area contributed by atoms with Crippen molar-refractivity contribution in [1.29, 1.82) is 5.41 Å². The molecule has 1 atom stereocenters. The third-order valence-electron chi connectivity index (χ3n) is 3.51. The topological polar surface area (TPSA) is 62.3 Å². The highest BCUT2D eigenvalue weighted by atomic mass is 19.4.